The maximum absolute atomic E-state index is 10.8. The van der Waals surface area contributed by atoms with Crippen LogP contribution < -0.4 is 0 Å². The van der Waals surface area contributed by atoms with E-state index in [1.165, 1.54) is 0 Å². The van der Waals surface area contributed by atoms with Gasteiger partial charge in [0.05, 0.1) is 0 Å². The molecule has 2 rings (SSSR count). The maximum atomic E-state index is 10.8. The number of aromatic nitrogens is 2. The summed E-state index contributed by atoms with van der Waals surface area (Å²) in [6.07, 6.45) is 5.64. The van der Waals surface area contributed by atoms with Gasteiger partial charge in [-0.2, -0.15) is 0 Å². The van der Waals surface area contributed by atoms with E-state index >= 15 is 0 Å². The van der Waals surface area contributed by atoms with E-state index < -0.39 is 5.97 Å². The minimum atomic E-state index is -0.932. The van der Waals surface area contributed by atoms with Crippen LogP contribution in [0.5, 0.6) is 0 Å². The molecule has 0 atom stereocenters. The second-order valence-corrected chi connectivity index (χ2v) is 3.22. The second-order valence-electron chi connectivity index (χ2n) is 3.22. The molecule has 0 aliphatic rings. The molecule has 0 bridgehead atoms. The van der Waals surface area contributed by atoms with Crippen molar-refractivity contribution in [3.63, 3.8) is 0 Å². The SMILES string of the molecule is O=C(O)c1[nH]ccc1Cc1cccnc1. The minimum Gasteiger partial charge on any atom is -0.477 e. The molecule has 2 heterocycles. The highest BCUT2D eigenvalue weighted by atomic mass is 16.4. The van der Waals surface area contributed by atoms with Crippen LogP contribution in [0.2, 0.25) is 0 Å². The first-order valence-electron chi connectivity index (χ1n) is 4.56. The molecule has 4 nitrogen and oxygen atoms in total. The molecule has 2 aromatic heterocycles. The zero-order chi connectivity index (χ0) is 10.7. The van der Waals surface area contributed by atoms with Gasteiger partial charge < -0.3 is 10.1 Å². The number of hydrogen-bond donors (Lipinski definition) is 2. The summed E-state index contributed by atoms with van der Waals surface area (Å²) in [5, 5.41) is 8.89. The van der Waals surface area contributed by atoms with Crippen molar-refractivity contribution in [3.8, 4) is 0 Å². The lowest BCUT2D eigenvalue weighted by atomic mass is 10.1. The number of carboxylic acid groups (broad SMARTS) is 1. The Morgan fingerprint density at radius 1 is 1.47 bits per heavy atom. The number of nitrogens with zero attached hydrogens (tertiary/aromatic N) is 1. The Hall–Kier alpha value is -2.10. The standard InChI is InChI=1S/C11H10N2O2/c14-11(15)10-9(3-5-13-10)6-8-2-1-4-12-7-8/h1-5,7,13H,6H2,(H,14,15). The fraction of sp³-hybridized carbons (Fsp3) is 0.0909. The van der Waals surface area contributed by atoms with Crippen LogP contribution in [0.1, 0.15) is 21.6 Å². The molecule has 15 heavy (non-hydrogen) atoms. The fourth-order valence-electron chi connectivity index (χ4n) is 1.47. The number of nitrogens with one attached hydrogen (secondary N) is 1. The Labute approximate surface area is 86.6 Å². The molecule has 0 fully saturated rings. The first-order chi connectivity index (χ1) is 7.27. The van der Waals surface area contributed by atoms with Crippen LogP contribution in [0.25, 0.3) is 0 Å². The van der Waals surface area contributed by atoms with Gasteiger partial charge in [-0.25, -0.2) is 4.79 Å². The molecular weight excluding hydrogens is 192 g/mol. The molecular formula is C11H10N2O2. The van der Waals surface area contributed by atoms with Crippen molar-refractivity contribution >= 4 is 5.97 Å². The summed E-state index contributed by atoms with van der Waals surface area (Å²) in [4.78, 5) is 17.5. The zero-order valence-electron chi connectivity index (χ0n) is 7.97. The topological polar surface area (TPSA) is 66.0 Å². The maximum Gasteiger partial charge on any atom is 0.352 e. The van der Waals surface area contributed by atoms with Crippen LogP contribution in [-0.2, 0) is 6.42 Å². The van der Waals surface area contributed by atoms with E-state index in [-0.39, 0.29) is 5.69 Å². The van der Waals surface area contributed by atoms with E-state index in [1.807, 2.05) is 12.1 Å². The molecule has 0 aromatic carbocycles. The van der Waals surface area contributed by atoms with Crippen LogP contribution >= 0.6 is 0 Å². The van der Waals surface area contributed by atoms with E-state index in [4.69, 9.17) is 5.11 Å². The minimum absolute atomic E-state index is 0.249. The molecule has 0 aliphatic heterocycles. The Bertz CT molecular complexity index is 462. The lowest BCUT2D eigenvalue weighted by Gasteiger charge is -1.99. The highest BCUT2D eigenvalue weighted by molar-refractivity contribution is 5.87. The van der Waals surface area contributed by atoms with Crippen LogP contribution in [0.4, 0.5) is 0 Å². The molecule has 2 N–H and O–H groups in total. The average molecular weight is 202 g/mol. The molecule has 0 radical (unpaired) electrons. The highest BCUT2D eigenvalue weighted by Crippen LogP contribution is 2.12. The van der Waals surface area contributed by atoms with Crippen molar-refractivity contribution in [2.45, 2.75) is 6.42 Å². The smallest absolute Gasteiger partial charge is 0.352 e. The van der Waals surface area contributed by atoms with Gasteiger partial charge in [-0.1, -0.05) is 6.07 Å². The molecule has 0 amide bonds. The molecule has 0 aliphatic carbocycles. The predicted octanol–water partition coefficient (Wildman–Crippen LogP) is 1.70. The predicted molar refractivity (Wildman–Crippen MR) is 54.8 cm³/mol. The third-order valence-electron chi connectivity index (χ3n) is 2.16. The zero-order valence-corrected chi connectivity index (χ0v) is 7.97. The normalized spacial score (nSPS) is 10.1. The van der Waals surface area contributed by atoms with Gasteiger partial charge in [0.15, 0.2) is 0 Å². The lowest BCUT2D eigenvalue weighted by molar-refractivity contribution is 0.0690. The van der Waals surface area contributed by atoms with Crippen molar-refractivity contribution < 1.29 is 9.90 Å². The van der Waals surface area contributed by atoms with E-state index in [0.717, 1.165) is 11.1 Å². The molecule has 0 saturated carbocycles. The summed E-state index contributed by atoms with van der Waals surface area (Å²) in [5.41, 5.74) is 2.02. The Kier molecular flexibility index (Phi) is 2.49. The summed E-state index contributed by atoms with van der Waals surface area (Å²) in [6, 6.07) is 5.53. The van der Waals surface area contributed by atoms with Gasteiger partial charge in [0.1, 0.15) is 5.69 Å². The van der Waals surface area contributed by atoms with E-state index in [1.54, 1.807) is 24.7 Å². The summed E-state index contributed by atoms with van der Waals surface area (Å²) in [7, 11) is 0. The van der Waals surface area contributed by atoms with Crippen LogP contribution in [0.3, 0.4) is 0 Å². The number of rotatable bonds is 3. The van der Waals surface area contributed by atoms with Gasteiger partial charge in [-0.05, 0) is 23.3 Å². The van der Waals surface area contributed by atoms with Gasteiger partial charge in [-0.3, -0.25) is 4.98 Å². The van der Waals surface area contributed by atoms with Gasteiger partial charge in [0, 0.05) is 25.0 Å². The number of H-pyrrole nitrogens is 1. The first-order valence-corrected chi connectivity index (χ1v) is 4.56. The molecule has 0 unspecified atom stereocenters. The van der Waals surface area contributed by atoms with Crippen molar-refractivity contribution in [2.75, 3.05) is 0 Å². The van der Waals surface area contributed by atoms with Crippen molar-refractivity contribution in [1.29, 1.82) is 0 Å². The lowest BCUT2D eigenvalue weighted by Crippen LogP contribution is -2.01. The van der Waals surface area contributed by atoms with Crippen molar-refractivity contribution in [2.24, 2.45) is 0 Å². The third-order valence-corrected chi connectivity index (χ3v) is 2.16. The van der Waals surface area contributed by atoms with Crippen molar-refractivity contribution in [1.82, 2.24) is 9.97 Å². The van der Waals surface area contributed by atoms with E-state index in [9.17, 15) is 4.79 Å². The summed E-state index contributed by atoms with van der Waals surface area (Å²) in [6.45, 7) is 0. The Morgan fingerprint density at radius 3 is 3.00 bits per heavy atom. The van der Waals surface area contributed by atoms with Crippen molar-refractivity contribution in [3.05, 3.63) is 53.6 Å². The molecule has 0 spiro atoms. The number of carboxylic acids is 1. The average Bonchev–Trinajstić information content (AvgIpc) is 2.67. The Morgan fingerprint density at radius 2 is 2.33 bits per heavy atom. The summed E-state index contributed by atoms with van der Waals surface area (Å²) < 4.78 is 0. The molecule has 0 saturated heterocycles. The number of hydrogen-bond acceptors (Lipinski definition) is 2. The quantitative estimate of drug-likeness (QED) is 0.796. The van der Waals surface area contributed by atoms with Crippen LogP contribution in [0.15, 0.2) is 36.8 Å². The number of pyridine rings is 1. The van der Waals surface area contributed by atoms with Crippen LogP contribution in [-0.4, -0.2) is 21.0 Å². The molecule has 76 valence electrons. The van der Waals surface area contributed by atoms with Gasteiger partial charge >= 0.3 is 5.97 Å². The monoisotopic (exact) mass is 202 g/mol. The first kappa shape index (κ1) is 9.45. The summed E-state index contributed by atoms with van der Waals surface area (Å²) in [5.74, 6) is -0.932. The Balaban J connectivity index is 2.25. The number of aromatic amines is 1. The van der Waals surface area contributed by atoms with Gasteiger partial charge in [-0.15, -0.1) is 0 Å². The number of aromatic carboxylic acids is 1. The number of carbonyl (C=O) groups is 1. The molecule has 4 heteroatoms. The second kappa shape index (κ2) is 3.96. The molecule has 2 aromatic rings. The van der Waals surface area contributed by atoms with E-state index in [2.05, 4.69) is 9.97 Å². The van der Waals surface area contributed by atoms with Crippen LogP contribution in [0, 0.1) is 0 Å². The van der Waals surface area contributed by atoms with E-state index in [0.29, 0.717) is 6.42 Å². The van der Waals surface area contributed by atoms with Gasteiger partial charge in [0.2, 0.25) is 0 Å². The highest BCUT2D eigenvalue weighted by Gasteiger charge is 2.10. The fourth-order valence-corrected chi connectivity index (χ4v) is 1.47. The largest absolute Gasteiger partial charge is 0.477 e. The van der Waals surface area contributed by atoms with Gasteiger partial charge in [0.25, 0.3) is 0 Å². The summed E-state index contributed by atoms with van der Waals surface area (Å²) >= 11 is 0. The third kappa shape index (κ3) is 2.04.